The molecule has 2 unspecified atom stereocenters. The standard InChI is InChI=1S/C36H76N2/c1-7-9-11-13-15-17-19-21-23-25-27-29-31-35(37(3)4)33-34-36(38(5)6)32-30-28-26-24-22-20-18-16-14-12-10-8-2/h35-36H,7-34H2,1-6H3. The molecule has 2 heteroatoms. The first-order valence-corrected chi connectivity index (χ1v) is 17.9. The molecular weight excluding hydrogens is 460 g/mol. The fraction of sp³-hybridized carbons (Fsp3) is 1.00. The van der Waals surface area contributed by atoms with Crippen molar-refractivity contribution < 1.29 is 0 Å². The van der Waals surface area contributed by atoms with Gasteiger partial charge in [0.2, 0.25) is 0 Å². The van der Waals surface area contributed by atoms with Crippen molar-refractivity contribution in [2.75, 3.05) is 28.2 Å². The third-order valence-electron chi connectivity index (χ3n) is 9.08. The molecule has 2 nitrogen and oxygen atoms in total. The van der Waals surface area contributed by atoms with Crippen LogP contribution >= 0.6 is 0 Å². The zero-order valence-electron chi connectivity index (χ0n) is 27.8. The van der Waals surface area contributed by atoms with Gasteiger partial charge in [-0.05, 0) is 53.9 Å². The molecule has 0 fully saturated rings. The Morgan fingerprint density at radius 1 is 0.289 bits per heavy atom. The van der Waals surface area contributed by atoms with E-state index in [9.17, 15) is 0 Å². The second-order valence-corrected chi connectivity index (χ2v) is 13.2. The van der Waals surface area contributed by atoms with E-state index >= 15 is 0 Å². The van der Waals surface area contributed by atoms with Crippen molar-refractivity contribution in [1.82, 2.24) is 9.80 Å². The number of nitrogens with zero attached hydrogens (tertiary/aromatic N) is 2. The van der Waals surface area contributed by atoms with Crippen LogP contribution in [0.5, 0.6) is 0 Å². The van der Waals surface area contributed by atoms with Crippen LogP contribution in [0.3, 0.4) is 0 Å². The van der Waals surface area contributed by atoms with Gasteiger partial charge >= 0.3 is 0 Å². The number of hydrogen-bond acceptors (Lipinski definition) is 2. The van der Waals surface area contributed by atoms with Crippen molar-refractivity contribution in [3.63, 3.8) is 0 Å². The predicted octanol–water partition coefficient (Wildman–Crippen LogP) is 11.8. The summed E-state index contributed by atoms with van der Waals surface area (Å²) in [6.07, 6.45) is 40.3. The quantitative estimate of drug-likeness (QED) is 0.0813. The Bertz CT molecular complexity index is 393. The molecule has 0 saturated carbocycles. The van der Waals surface area contributed by atoms with Crippen LogP contribution < -0.4 is 0 Å². The molecule has 0 N–H and O–H groups in total. The largest absolute Gasteiger partial charge is 0.306 e. The Morgan fingerprint density at radius 3 is 0.711 bits per heavy atom. The first kappa shape index (κ1) is 37.9. The first-order chi connectivity index (χ1) is 18.5. The van der Waals surface area contributed by atoms with E-state index in [2.05, 4.69) is 51.8 Å². The highest BCUT2D eigenvalue weighted by Crippen LogP contribution is 2.20. The second-order valence-electron chi connectivity index (χ2n) is 13.2. The Balaban J connectivity index is 3.80. The van der Waals surface area contributed by atoms with Crippen LogP contribution in [0.15, 0.2) is 0 Å². The monoisotopic (exact) mass is 537 g/mol. The molecule has 0 aromatic rings. The number of rotatable bonds is 31. The molecule has 0 heterocycles. The minimum absolute atomic E-state index is 0.766. The molecule has 0 aliphatic rings. The maximum absolute atomic E-state index is 2.51. The van der Waals surface area contributed by atoms with E-state index in [0.717, 1.165) is 12.1 Å². The van der Waals surface area contributed by atoms with Crippen molar-refractivity contribution in [1.29, 1.82) is 0 Å². The number of hydrogen-bond donors (Lipinski definition) is 0. The van der Waals surface area contributed by atoms with E-state index in [1.54, 1.807) is 0 Å². The van der Waals surface area contributed by atoms with E-state index in [4.69, 9.17) is 0 Å². The van der Waals surface area contributed by atoms with Gasteiger partial charge in [-0.15, -0.1) is 0 Å². The molecule has 0 aromatic heterocycles. The molecule has 0 spiro atoms. The summed E-state index contributed by atoms with van der Waals surface area (Å²) in [7, 11) is 9.23. The van der Waals surface area contributed by atoms with Crippen LogP contribution in [0.25, 0.3) is 0 Å². The van der Waals surface area contributed by atoms with Crippen LogP contribution in [0, 0.1) is 0 Å². The molecule has 0 radical (unpaired) electrons. The Kier molecular flexibility index (Phi) is 29.8. The van der Waals surface area contributed by atoms with E-state index in [1.165, 1.54) is 180 Å². The van der Waals surface area contributed by atoms with Crippen molar-refractivity contribution in [2.45, 2.75) is 206 Å². The summed E-state index contributed by atoms with van der Waals surface area (Å²) in [5.74, 6) is 0. The van der Waals surface area contributed by atoms with Gasteiger partial charge < -0.3 is 9.80 Å². The summed E-state index contributed by atoms with van der Waals surface area (Å²) in [4.78, 5) is 5.02. The highest BCUT2D eigenvalue weighted by atomic mass is 15.1. The fourth-order valence-electron chi connectivity index (χ4n) is 6.15. The van der Waals surface area contributed by atoms with Crippen LogP contribution in [0.4, 0.5) is 0 Å². The van der Waals surface area contributed by atoms with Crippen molar-refractivity contribution in [3.8, 4) is 0 Å². The topological polar surface area (TPSA) is 6.48 Å². The normalized spacial score (nSPS) is 13.6. The van der Waals surface area contributed by atoms with Crippen LogP contribution in [0.1, 0.15) is 194 Å². The van der Waals surface area contributed by atoms with Crippen LogP contribution in [0.2, 0.25) is 0 Å². The van der Waals surface area contributed by atoms with Crippen molar-refractivity contribution in [3.05, 3.63) is 0 Å². The van der Waals surface area contributed by atoms with Gasteiger partial charge in [-0.1, -0.05) is 168 Å². The summed E-state index contributed by atoms with van der Waals surface area (Å²) in [6, 6.07) is 1.53. The predicted molar refractivity (Wildman–Crippen MR) is 176 cm³/mol. The third-order valence-corrected chi connectivity index (χ3v) is 9.08. The zero-order valence-corrected chi connectivity index (χ0v) is 27.8. The minimum atomic E-state index is 0.766. The van der Waals surface area contributed by atoms with Crippen molar-refractivity contribution >= 4 is 0 Å². The maximum Gasteiger partial charge on any atom is 0.00897 e. The highest BCUT2D eigenvalue weighted by molar-refractivity contribution is 4.73. The summed E-state index contributed by atoms with van der Waals surface area (Å²) < 4.78 is 0. The van der Waals surface area contributed by atoms with E-state index in [1.807, 2.05) is 0 Å². The molecule has 0 bridgehead atoms. The average Bonchev–Trinajstić information content (AvgIpc) is 2.89. The first-order valence-electron chi connectivity index (χ1n) is 17.9. The molecule has 2 atom stereocenters. The number of unbranched alkanes of at least 4 members (excludes halogenated alkanes) is 22. The highest BCUT2D eigenvalue weighted by Gasteiger charge is 2.16. The lowest BCUT2D eigenvalue weighted by Gasteiger charge is -2.29. The Labute approximate surface area is 243 Å². The van der Waals surface area contributed by atoms with Gasteiger partial charge in [-0.25, -0.2) is 0 Å². The molecule has 0 aromatic carbocycles. The summed E-state index contributed by atoms with van der Waals surface area (Å²) in [5.41, 5.74) is 0. The van der Waals surface area contributed by atoms with Gasteiger partial charge in [-0.2, -0.15) is 0 Å². The lowest BCUT2D eigenvalue weighted by Crippen LogP contribution is -2.33. The molecule has 38 heavy (non-hydrogen) atoms. The Hall–Kier alpha value is -0.0800. The van der Waals surface area contributed by atoms with Crippen LogP contribution in [-0.4, -0.2) is 50.1 Å². The molecule has 0 rings (SSSR count). The van der Waals surface area contributed by atoms with E-state index < -0.39 is 0 Å². The van der Waals surface area contributed by atoms with Gasteiger partial charge in [0, 0.05) is 12.1 Å². The molecular formula is C36H76N2. The van der Waals surface area contributed by atoms with Gasteiger partial charge in [0.25, 0.3) is 0 Å². The molecule has 0 aliphatic heterocycles. The zero-order chi connectivity index (χ0) is 28.1. The van der Waals surface area contributed by atoms with Gasteiger partial charge in [0.05, 0.1) is 0 Å². The van der Waals surface area contributed by atoms with Gasteiger partial charge in [-0.3, -0.25) is 0 Å². The summed E-state index contributed by atoms with van der Waals surface area (Å²) in [6.45, 7) is 4.62. The summed E-state index contributed by atoms with van der Waals surface area (Å²) in [5, 5.41) is 0. The second kappa shape index (κ2) is 29.9. The lowest BCUT2D eigenvalue weighted by atomic mass is 9.95. The summed E-state index contributed by atoms with van der Waals surface area (Å²) >= 11 is 0. The van der Waals surface area contributed by atoms with Crippen LogP contribution in [-0.2, 0) is 0 Å². The third kappa shape index (κ3) is 26.2. The van der Waals surface area contributed by atoms with E-state index in [0.29, 0.717) is 0 Å². The fourth-order valence-corrected chi connectivity index (χ4v) is 6.15. The molecule has 230 valence electrons. The Morgan fingerprint density at radius 2 is 0.500 bits per heavy atom. The lowest BCUT2D eigenvalue weighted by molar-refractivity contribution is 0.205. The van der Waals surface area contributed by atoms with Crippen molar-refractivity contribution in [2.24, 2.45) is 0 Å². The smallest absolute Gasteiger partial charge is 0.00897 e. The SMILES string of the molecule is CCCCCCCCCCCCCCC(CCC(CCCCCCCCCCCCCC)N(C)C)N(C)C. The van der Waals surface area contributed by atoms with Gasteiger partial charge in [0.1, 0.15) is 0 Å². The minimum Gasteiger partial charge on any atom is -0.306 e. The van der Waals surface area contributed by atoms with E-state index in [-0.39, 0.29) is 0 Å². The molecule has 0 saturated heterocycles. The average molecular weight is 537 g/mol. The molecule has 0 aliphatic carbocycles. The van der Waals surface area contributed by atoms with Gasteiger partial charge in [0.15, 0.2) is 0 Å². The molecule has 0 amide bonds. The maximum atomic E-state index is 2.51.